The number of hydrogen-bond donors (Lipinski definition) is 0. The van der Waals surface area contributed by atoms with Gasteiger partial charge in [-0.25, -0.2) is 0 Å². The first-order valence-electron chi connectivity index (χ1n) is 8.04. The van der Waals surface area contributed by atoms with Crippen LogP contribution in [-0.2, 0) is 0 Å². The van der Waals surface area contributed by atoms with Gasteiger partial charge in [0.2, 0.25) is 0 Å². The number of hydrogen-bond acceptors (Lipinski definition) is 4. The summed E-state index contributed by atoms with van der Waals surface area (Å²) in [5.41, 5.74) is 0. The summed E-state index contributed by atoms with van der Waals surface area (Å²) >= 11 is 0. The molecule has 0 N–H and O–H groups in total. The predicted molar refractivity (Wildman–Crippen MR) is 76.8 cm³/mol. The molecule has 0 radical (unpaired) electrons. The molecule has 2 unspecified atom stereocenters. The van der Waals surface area contributed by atoms with E-state index in [1.807, 2.05) is 0 Å². The van der Waals surface area contributed by atoms with Crippen molar-refractivity contribution in [2.24, 2.45) is 22.1 Å². The predicted octanol–water partition coefficient (Wildman–Crippen LogP) is 4.38. The lowest BCUT2D eigenvalue weighted by Gasteiger charge is -2.24. The molecule has 4 heteroatoms. The van der Waals surface area contributed by atoms with Gasteiger partial charge in [0.15, 0.2) is 12.1 Å². The van der Waals surface area contributed by atoms with Crippen LogP contribution in [0.25, 0.3) is 0 Å². The zero-order valence-corrected chi connectivity index (χ0v) is 12.2. The molecule has 0 saturated heterocycles. The maximum absolute atomic E-state index is 9.29. The minimum absolute atomic E-state index is 0.338. The van der Waals surface area contributed by atoms with E-state index in [9.17, 15) is 10.5 Å². The Labute approximate surface area is 121 Å². The third-order valence-electron chi connectivity index (χ3n) is 4.77. The van der Waals surface area contributed by atoms with Gasteiger partial charge in [0.05, 0.1) is 12.1 Å². The van der Waals surface area contributed by atoms with Crippen molar-refractivity contribution in [1.29, 1.82) is 10.5 Å². The molecule has 0 aromatic heterocycles. The van der Waals surface area contributed by atoms with E-state index in [1.165, 1.54) is 38.5 Å². The SMILES string of the molecule is N#CC(N=NC(C#N)C1CCCCC1)C1CCCCC1. The highest BCUT2D eigenvalue weighted by molar-refractivity contribution is 4.98. The van der Waals surface area contributed by atoms with E-state index in [0.29, 0.717) is 11.8 Å². The average Bonchev–Trinajstić information content (AvgIpc) is 2.53. The van der Waals surface area contributed by atoms with Crippen molar-refractivity contribution in [3.05, 3.63) is 0 Å². The highest BCUT2D eigenvalue weighted by Gasteiger charge is 2.26. The first-order valence-corrected chi connectivity index (χ1v) is 8.04. The van der Waals surface area contributed by atoms with E-state index in [2.05, 4.69) is 22.4 Å². The molecule has 108 valence electrons. The quantitative estimate of drug-likeness (QED) is 0.712. The molecule has 4 nitrogen and oxygen atoms in total. The molecule has 0 aliphatic heterocycles. The minimum atomic E-state index is -0.338. The van der Waals surface area contributed by atoms with Crippen molar-refractivity contribution in [2.45, 2.75) is 76.3 Å². The van der Waals surface area contributed by atoms with Crippen molar-refractivity contribution in [2.75, 3.05) is 0 Å². The first-order chi connectivity index (χ1) is 9.85. The molecule has 0 aromatic rings. The van der Waals surface area contributed by atoms with Gasteiger partial charge in [0.25, 0.3) is 0 Å². The second kappa shape index (κ2) is 8.00. The molecule has 2 fully saturated rings. The van der Waals surface area contributed by atoms with E-state index < -0.39 is 0 Å². The summed E-state index contributed by atoms with van der Waals surface area (Å²) in [6, 6.07) is 3.89. The van der Waals surface area contributed by atoms with Gasteiger partial charge in [0, 0.05) is 0 Å². The van der Waals surface area contributed by atoms with Crippen LogP contribution < -0.4 is 0 Å². The lowest BCUT2D eigenvalue weighted by atomic mass is 9.84. The molecular formula is C16H24N4. The molecule has 0 bridgehead atoms. The largest absolute Gasteiger partial charge is 0.196 e. The third-order valence-corrected chi connectivity index (χ3v) is 4.77. The Kier molecular flexibility index (Phi) is 5.99. The van der Waals surface area contributed by atoms with Crippen molar-refractivity contribution in [3.8, 4) is 12.1 Å². The summed E-state index contributed by atoms with van der Waals surface area (Å²) in [6.45, 7) is 0. The average molecular weight is 272 g/mol. The van der Waals surface area contributed by atoms with Gasteiger partial charge in [-0.15, -0.1) is 0 Å². The van der Waals surface area contributed by atoms with Crippen LogP contribution in [0.1, 0.15) is 64.2 Å². The molecule has 2 rings (SSSR count). The minimum Gasteiger partial charge on any atom is -0.196 e. The molecule has 2 saturated carbocycles. The topological polar surface area (TPSA) is 72.3 Å². The van der Waals surface area contributed by atoms with Gasteiger partial charge < -0.3 is 0 Å². The maximum Gasteiger partial charge on any atom is 0.160 e. The highest BCUT2D eigenvalue weighted by Crippen LogP contribution is 2.30. The van der Waals surface area contributed by atoms with Crippen LogP contribution in [0.4, 0.5) is 0 Å². The fraction of sp³-hybridized carbons (Fsp3) is 0.875. The third kappa shape index (κ3) is 4.04. The molecule has 0 spiro atoms. The van der Waals surface area contributed by atoms with E-state index in [-0.39, 0.29) is 12.1 Å². The number of nitrogens with zero attached hydrogens (tertiary/aromatic N) is 4. The fourth-order valence-electron chi connectivity index (χ4n) is 3.49. The molecule has 20 heavy (non-hydrogen) atoms. The summed E-state index contributed by atoms with van der Waals surface area (Å²) in [5.74, 6) is 0.700. The monoisotopic (exact) mass is 272 g/mol. The first kappa shape index (κ1) is 15.0. The number of azo groups is 1. The van der Waals surface area contributed by atoms with Crippen LogP contribution in [0, 0.1) is 34.5 Å². The molecule has 2 atom stereocenters. The van der Waals surface area contributed by atoms with Crippen LogP contribution >= 0.6 is 0 Å². The van der Waals surface area contributed by atoms with Crippen LogP contribution in [0.5, 0.6) is 0 Å². The Bertz CT molecular complexity index is 354. The number of rotatable bonds is 4. The Morgan fingerprint density at radius 2 is 1.00 bits per heavy atom. The Morgan fingerprint density at radius 3 is 1.30 bits per heavy atom. The van der Waals surface area contributed by atoms with Gasteiger partial charge in [-0.1, -0.05) is 38.5 Å². The maximum atomic E-state index is 9.29. The Morgan fingerprint density at radius 1 is 0.650 bits per heavy atom. The van der Waals surface area contributed by atoms with Gasteiger partial charge in [-0.05, 0) is 37.5 Å². The van der Waals surface area contributed by atoms with Crippen molar-refractivity contribution >= 4 is 0 Å². The zero-order valence-electron chi connectivity index (χ0n) is 12.2. The van der Waals surface area contributed by atoms with Gasteiger partial charge in [-0.3, -0.25) is 0 Å². The summed E-state index contributed by atoms with van der Waals surface area (Å²) < 4.78 is 0. The van der Waals surface area contributed by atoms with E-state index >= 15 is 0 Å². The Balaban J connectivity index is 1.93. The second-order valence-electron chi connectivity index (χ2n) is 6.17. The molecule has 2 aliphatic rings. The molecule has 0 heterocycles. The normalized spacial score (nSPS) is 24.9. The second-order valence-corrected chi connectivity index (χ2v) is 6.17. The van der Waals surface area contributed by atoms with Gasteiger partial charge >= 0.3 is 0 Å². The van der Waals surface area contributed by atoms with Gasteiger partial charge in [-0.2, -0.15) is 20.8 Å². The van der Waals surface area contributed by atoms with Crippen molar-refractivity contribution in [1.82, 2.24) is 0 Å². The smallest absolute Gasteiger partial charge is 0.160 e. The van der Waals surface area contributed by atoms with Crippen LogP contribution in [0.2, 0.25) is 0 Å². The summed E-state index contributed by atoms with van der Waals surface area (Å²) in [4.78, 5) is 0. The lowest BCUT2D eigenvalue weighted by molar-refractivity contribution is 0.311. The van der Waals surface area contributed by atoms with Crippen molar-refractivity contribution < 1.29 is 0 Å². The van der Waals surface area contributed by atoms with Crippen LogP contribution in [0.3, 0.4) is 0 Å². The van der Waals surface area contributed by atoms with Crippen LogP contribution in [-0.4, -0.2) is 12.1 Å². The van der Waals surface area contributed by atoms with Gasteiger partial charge in [0.1, 0.15) is 0 Å². The van der Waals surface area contributed by atoms with Crippen LogP contribution in [0.15, 0.2) is 10.2 Å². The lowest BCUT2D eigenvalue weighted by Crippen LogP contribution is -2.22. The molecular weight excluding hydrogens is 248 g/mol. The summed E-state index contributed by atoms with van der Waals surface area (Å²) in [5, 5.41) is 27.1. The molecule has 0 aromatic carbocycles. The fourth-order valence-corrected chi connectivity index (χ4v) is 3.49. The van der Waals surface area contributed by atoms with E-state index in [0.717, 1.165) is 25.7 Å². The molecule has 2 aliphatic carbocycles. The highest BCUT2D eigenvalue weighted by atomic mass is 15.1. The zero-order chi connectivity index (χ0) is 14.2. The standard InChI is InChI=1S/C16H24N4/c17-11-15(13-7-3-1-4-8-13)19-20-16(12-18)14-9-5-2-6-10-14/h13-16H,1-10H2. The Hall–Kier alpha value is -1.42. The number of nitriles is 2. The summed E-state index contributed by atoms with van der Waals surface area (Å²) in [7, 11) is 0. The van der Waals surface area contributed by atoms with E-state index in [4.69, 9.17) is 0 Å². The van der Waals surface area contributed by atoms with Crippen molar-refractivity contribution in [3.63, 3.8) is 0 Å². The summed E-state index contributed by atoms with van der Waals surface area (Å²) in [6.07, 6.45) is 11.7. The molecule has 0 amide bonds. The van der Waals surface area contributed by atoms with E-state index in [1.54, 1.807) is 0 Å².